The Morgan fingerprint density at radius 2 is 2.07 bits per heavy atom. The monoisotopic (exact) mass is 412 g/mol. The quantitative estimate of drug-likeness (QED) is 0.448. The second-order valence-corrected chi connectivity index (χ2v) is 7.30. The van der Waals surface area contributed by atoms with Crippen LogP contribution in [0.4, 0.5) is 17.3 Å². The Labute approximate surface area is 172 Å². The highest BCUT2D eigenvalue weighted by atomic mass is 35.5. The number of halogens is 1. The van der Waals surface area contributed by atoms with Gasteiger partial charge in [-0.2, -0.15) is 0 Å². The summed E-state index contributed by atoms with van der Waals surface area (Å²) in [5, 5.41) is 22.7. The van der Waals surface area contributed by atoms with Gasteiger partial charge in [-0.1, -0.05) is 23.7 Å². The Hall–Kier alpha value is -2.94. The van der Waals surface area contributed by atoms with E-state index in [1.165, 1.54) is 0 Å². The molecule has 9 heteroatoms. The Morgan fingerprint density at radius 1 is 1.24 bits per heavy atom. The van der Waals surface area contributed by atoms with Crippen LogP contribution >= 0.6 is 11.6 Å². The largest absolute Gasteiger partial charge is 0.394 e. The molecule has 29 heavy (non-hydrogen) atoms. The summed E-state index contributed by atoms with van der Waals surface area (Å²) in [6.45, 7) is 1.94. The van der Waals surface area contributed by atoms with E-state index in [2.05, 4.69) is 15.3 Å². The third-order valence-electron chi connectivity index (χ3n) is 4.73. The number of aliphatic hydroxyl groups is 2. The number of likely N-dealkylation sites (N-methyl/N-ethyl adjacent to an activating group) is 1. The van der Waals surface area contributed by atoms with E-state index in [1.54, 1.807) is 17.4 Å². The maximum absolute atomic E-state index is 9.70. The minimum Gasteiger partial charge on any atom is -0.394 e. The molecule has 0 aliphatic carbocycles. The zero-order valence-electron chi connectivity index (χ0n) is 16.0. The number of hydrogen-bond donors (Lipinski definition) is 3. The number of anilines is 3. The number of hydrogen-bond acceptors (Lipinski definition) is 7. The summed E-state index contributed by atoms with van der Waals surface area (Å²) in [7, 11) is 1.81. The number of aromatic nitrogens is 4. The van der Waals surface area contributed by atoms with E-state index < -0.39 is 6.10 Å². The first kappa shape index (κ1) is 19.4. The second kappa shape index (κ2) is 7.82. The van der Waals surface area contributed by atoms with Crippen molar-refractivity contribution in [2.45, 2.75) is 13.0 Å². The summed E-state index contributed by atoms with van der Waals surface area (Å²) in [4.78, 5) is 15.5. The summed E-state index contributed by atoms with van der Waals surface area (Å²) < 4.78 is 1.86. The fourth-order valence-corrected chi connectivity index (χ4v) is 3.46. The first-order chi connectivity index (χ1) is 14.0. The average molecular weight is 413 g/mol. The minimum absolute atomic E-state index is 0.265. The molecule has 0 amide bonds. The molecule has 1 atom stereocenters. The van der Waals surface area contributed by atoms with Crippen molar-refractivity contribution in [3.05, 3.63) is 53.4 Å². The summed E-state index contributed by atoms with van der Waals surface area (Å²) in [6, 6.07) is 9.40. The predicted molar refractivity (Wildman–Crippen MR) is 114 cm³/mol. The second-order valence-electron chi connectivity index (χ2n) is 6.90. The number of pyridine rings is 1. The van der Waals surface area contributed by atoms with Crippen molar-refractivity contribution < 1.29 is 10.2 Å². The molecule has 0 unspecified atom stereocenters. The van der Waals surface area contributed by atoms with Crippen LogP contribution in [0.1, 0.15) is 5.56 Å². The highest BCUT2D eigenvalue weighted by Crippen LogP contribution is 2.31. The van der Waals surface area contributed by atoms with Crippen molar-refractivity contribution in [3.8, 4) is 0 Å². The highest BCUT2D eigenvalue weighted by molar-refractivity contribution is 6.33. The molecular formula is C20H21ClN6O2. The summed E-state index contributed by atoms with van der Waals surface area (Å²) in [6.07, 6.45) is 2.56. The molecule has 4 rings (SSSR count). The van der Waals surface area contributed by atoms with Gasteiger partial charge < -0.3 is 20.4 Å². The molecular weight excluding hydrogens is 392 g/mol. The van der Waals surface area contributed by atoms with Crippen molar-refractivity contribution in [3.63, 3.8) is 0 Å². The van der Waals surface area contributed by atoms with Crippen LogP contribution in [0.2, 0.25) is 5.02 Å². The number of imidazole rings is 1. The molecule has 8 nitrogen and oxygen atoms in total. The van der Waals surface area contributed by atoms with E-state index in [0.29, 0.717) is 27.8 Å². The van der Waals surface area contributed by atoms with Crippen LogP contribution in [0.15, 0.2) is 42.9 Å². The van der Waals surface area contributed by atoms with Crippen molar-refractivity contribution in [2.75, 3.05) is 30.4 Å². The van der Waals surface area contributed by atoms with Gasteiger partial charge >= 0.3 is 0 Å². The summed E-state index contributed by atoms with van der Waals surface area (Å²) in [5.74, 6) is 1.29. The molecule has 0 bridgehead atoms. The van der Waals surface area contributed by atoms with Gasteiger partial charge in [0.05, 0.1) is 29.6 Å². The molecule has 0 saturated heterocycles. The highest BCUT2D eigenvalue weighted by Gasteiger charge is 2.15. The predicted octanol–water partition coefficient (Wildman–Crippen LogP) is 2.77. The van der Waals surface area contributed by atoms with Gasteiger partial charge in [0.25, 0.3) is 0 Å². The number of nitrogens with zero attached hydrogens (tertiary/aromatic N) is 5. The fraction of sp³-hybridized carbons (Fsp3) is 0.250. The van der Waals surface area contributed by atoms with Crippen LogP contribution in [0.5, 0.6) is 0 Å². The molecule has 0 saturated carbocycles. The van der Waals surface area contributed by atoms with Crippen molar-refractivity contribution >= 4 is 45.6 Å². The lowest BCUT2D eigenvalue weighted by Gasteiger charge is -2.21. The third-order valence-corrected chi connectivity index (χ3v) is 5.05. The van der Waals surface area contributed by atoms with Gasteiger partial charge in [0.2, 0.25) is 0 Å². The Morgan fingerprint density at radius 3 is 2.83 bits per heavy atom. The molecule has 0 aliphatic rings. The molecule has 3 heterocycles. The topological polar surface area (TPSA) is 98.8 Å². The molecule has 0 spiro atoms. The number of nitrogens with one attached hydrogen (secondary N) is 1. The molecule has 3 N–H and O–H groups in total. The van der Waals surface area contributed by atoms with E-state index in [0.717, 1.165) is 16.8 Å². The molecule has 4 aromatic rings. The molecule has 0 aliphatic heterocycles. The van der Waals surface area contributed by atoms with Crippen LogP contribution in [-0.4, -0.2) is 55.9 Å². The third kappa shape index (κ3) is 3.69. The van der Waals surface area contributed by atoms with E-state index in [1.807, 2.05) is 48.7 Å². The number of fused-ring (bicyclic) bond motifs is 3. The number of rotatable bonds is 6. The Bertz CT molecular complexity index is 1160. The van der Waals surface area contributed by atoms with Crippen LogP contribution < -0.4 is 10.2 Å². The standard InChI is InChI=1S/C20H21ClN6O2/c1-12-4-3-5-14(21)18(12)25-19-16-8-22-11-27(16)20-15(23-19)6-7-17(24-20)26(2)9-13(29)10-28/h3-8,11,13,28-29H,9-10H2,1-2H3,(H,23,25)/t13-/m1/s1. The van der Waals surface area contributed by atoms with Crippen molar-refractivity contribution in [1.82, 2.24) is 19.4 Å². The van der Waals surface area contributed by atoms with Gasteiger partial charge in [0.1, 0.15) is 23.2 Å². The molecule has 150 valence electrons. The van der Waals surface area contributed by atoms with Crippen molar-refractivity contribution in [2.24, 2.45) is 0 Å². The minimum atomic E-state index is -0.839. The Balaban J connectivity index is 1.79. The van der Waals surface area contributed by atoms with Crippen LogP contribution in [0.25, 0.3) is 16.7 Å². The summed E-state index contributed by atoms with van der Waals surface area (Å²) in [5.41, 5.74) is 3.89. The number of para-hydroxylation sites is 1. The van der Waals surface area contributed by atoms with Gasteiger partial charge in [-0.15, -0.1) is 0 Å². The van der Waals surface area contributed by atoms with Gasteiger partial charge in [-0.3, -0.25) is 4.40 Å². The van der Waals surface area contributed by atoms with Gasteiger partial charge in [0.15, 0.2) is 11.5 Å². The van der Waals surface area contributed by atoms with Gasteiger partial charge in [-0.05, 0) is 30.7 Å². The number of benzene rings is 1. The first-order valence-corrected chi connectivity index (χ1v) is 9.50. The van der Waals surface area contributed by atoms with Gasteiger partial charge in [0, 0.05) is 13.6 Å². The smallest absolute Gasteiger partial charge is 0.166 e. The zero-order chi connectivity index (χ0) is 20.5. The number of aliphatic hydroxyl groups excluding tert-OH is 2. The van der Waals surface area contributed by atoms with E-state index >= 15 is 0 Å². The van der Waals surface area contributed by atoms with E-state index in [4.69, 9.17) is 21.7 Å². The van der Waals surface area contributed by atoms with Crippen molar-refractivity contribution in [1.29, 1.82) is 0 Å². The van der Waals surface area contributed by atoms with Gasteiger partial charge in [-0.25, -0.2) is 15.0 Å². The maximum Gasteiger partial charge on any atom is 0.166 e. The lowest BCUT2D eigenvalue weighted by molar-refractivity contribution is 0.101. The zero-order valence-corrected chi connectivity index (χ0v) is 16.8. The van der Waals surface area contributed by atoms with Crippen LogP contribution in [0, 0.1) is 6.92 Å². The van der Waals surface area contributed by atoms with E-state index in [9.17, 15) is 5.11 Å². The molecule has 1 aromatic carbocycles. The Kier molecular flexibility index (Phi) is 5.23. The maximum atomic E-state index is 9.70. The first-order valence-electron chi connectivity index (χ1n) is 9.13. The molecule has 3 aromatic heterocycles. The summed E-state index contributed by atoms with van der Waals surface area (Å²) >= 11 is 6.36. The van der Waals surface area contributed by atoms with Crippen LogP contribution in [-0.2, 0) is 0 Å². The average Bonchev–Trinajstić information content (AvgIpc) is 3.20. The lowest BCUT2D eigenvalue weighted by atomic mass is 10.2. The SMILES string of the molecule is Cc1cccc(Cl)c1Nc1nc2ccc(N(C)C[C@@H](O)CO)nc2n2cncc12. The molecule has 0 fully saturated rings. The lowest BCUT2D eigenvalue weighted by Crippen LogP contribution is -2.31. The fourth-order valence-electron chi connectivity index (χ4n) is 3.19. The number of aryl methyl sites for hydroxylation is 1. The van der Waals surface area contributed by atoms with Crippen LogP contribution in [0.3, 0.4) is 0 Å². The normalized spacial score (nSPS) is 12.4. The molecule has 0 radical (unpaired) electrons. The van der Waals surface area contributed by atoms with E-state index in [-0.39, 0.29) is 13.2 Å².